The van der Waals surface area contributed by atoms with Gasteiger partial charge in [-0.1, -0.05) is 27.7 Å². The fraction of sp³-hybridized carbons (Fsp3) is 0.933. The summed E-state index contributed by atoms with van der Waals surface area (Å²) in [5.41, 5.74) is 0. The van der Waals surface area contributed by atoms with Gasteiger partial charge in [0.05, 0.1) is 13.7 Å². The Balaban J connectivity index is 2.88. The van der Waals surface area contributed by atoms with E-state index in [4.69, 9.17) is 27.7 Å². The van der Waals surface area contributed by atoms with Crippen LogP contribution in [0.3, 0.4) is 0 Å². The molecule has 0 fully saturated rings. The first-order chi connectivity index (χ1) is 12.5. The maximum atomic E-state index is 13.5. The van der Waals surface area contributed by atoms with E-state index in [9.17, 15) is 14.7 Å². The number of hydrogen-bond donors (Lipinski definition) is 2. The number of aliphatic imine (C=N–C) groups is 1. The summed E-state index contributed by atoms with van der Waals surface area (Å²) in [6.45, 7) is 8.08. The van der Waals surface area contributed by atoms with E-state index in [1.54, 1.807) is 7.05 Å². The minimum absolute atomic E-state index is 0.00875. The maximum Gasteiger partial charge on any atom is 0.425 e. The molecule has 1 unspecified atom stereocenters. The normalized spacial score (nSPS) is 20.3. The number of nitro groups is 1. The Bertz CT molecular complexity index is 556. The van der Waals surface area contributed by atoms with Gasteiger partial charge in [0.25, 0.3) is 0 Å². The molecule has 3 atom stereocenters. The number of guanidine groups is 1. The first kappa shape index (κ1) is 24.6. The molecule has 0 bridgehead atoms. The van der Waals surface area contributed by atoms with E-state index in [0.717, 1.165) is 0 Å². The van der Waals surface area contributed by atoms with Crippen molar-refractivity contribution in [3.8, 4) is 0 Å². The van der Waals surface area contributed by atoms with Crippen LogP contribution in [-0.4, -0.2) is 65.9 Å². The Kier molecular flexibility index (Phi) is 9.96. The van der Waals surface area contributed by atoms with Crippen LogP contribution in [0, 0.1) is 22.0 Å². The van der Waals surface area contributed by atoms with Crippen LogP contribution in [0.25, 0.3) is 0 Å². The van der Waals surface area contributed by atoms with E-state index in [1.165, 1.54) is 4.90 Å². The average Bonchev–Trinajstić information content (AvgIpc) is 2.96. The van der Waals surface area contributed by atoms with Gasteiger partial charge in [-0.25, -0.2) is 10.2 Å². The van der Waals surface area contributed by atoms with Crippen molar-refractivity contribution in [3.05, 3.63) is 10.1 Å². The molecule has 1 aliphatic heterocycles. The van der Waals surface area contributed by atoms with Crippen LogP contribution in [-0.2, 0) is 9.09 Å². The topological polar surface area (TPSA) is 109 Å². The van der Waals surface area contributed by atoms with Crippen LogP contribution in [0.5, 0.6) is 0 Å². The number of alkyl halides is 2. The van der Waals surface area contributed by atoms with Crippen molar-refractivity contribution >= 4 is 36.8 Å². The van der Waals surface area contributed by atoms with Gasteiger partial charge >= 0.3 is 13.6 Å². The Morgan fingerprint density at radius 2 is 1.74 bits per heavy atom. The third-order valence-electron chi connectivity index (χ3n) is 4.53. The number of hydrogen-bond acceptors (Lipinski definition) is 6. The van der Waals surface area contributed by atoms with E-state index >= 15 is 0 Å². The summed E-state index contributed by atoms with van der Waals surface area (Å²) in [5, 5.41) is 17.0. The number of nitrogens with one attached hydrogen (secondary N) is 2. The van der Waals surface area contributed by atoms with Crippen LogP contribution in [0.15, 0.2) is 4.99 Å². The number of likely N-dealkylation sites (N-methyl/N-ethyl adjacent to an activating group) is 1. The van der Waals surface area contributed by atoms with E-state index < -0.39 is 12.6 Å². The minimum atomic E-state index is -3.51. The van der Waals surface area contributed by atoms with Crippen molar-refractivity contribution in [2.24, 2.45) is 16.8 Å². The molecule has 0 aromatic carbocycles. The van der Waals surface area contributed by atoms with Gasteiger partial charge in [0.1, 0.15) is 12.6 Å². The zero-order chi connectivity index (χ0) is 20.8. The van der Waals surface area contributed by atoms with Crippen LogP contribution < -0.4 is 10.2 Å². The second-order valence-corrected chi connectivity index (χ2v) is 9.77. The van der Waals surface area contributed by atoms with Gasteiger partial charge in [0.2, 0.25) is 0 Å². The summed E-state index contributed by atoms with van der Waals surface area (Å²) in [7, 11) is -1.94. The summed E-state index contributed by atoms with van der Waals surface area (Å²) in [6.07, 6.45) is 0. The molecular formula is C15H30Cl2N5O4P. The first-order valence-corrected chi connectivity index (χ1v) is 11.6. The summed E-state index contributed by atoms with van der Waals surface area (Å²) >= 11 is 12.0. The van der Waals surface area contributed by atoms with E-state index in [2.05, 4.69) is 15.2 Å². The third kappa shape index (κ3) is 7.15. The Morgan fingerprint density at radius 3 is 2.07 bits per heavy atom. The molecule has 0 saturated carbocycles. The largest absolute Gasteiger partial charge is 0.425 e. The summed E-state index contributed by atoms with van der Waals surface area (Å²) in [5.74, 6) is 0.568. The van der Waals surface area contributed by atoms with Crippen LogP contribution in [0.1, 0.15) is 27.7 Å². The molecule has 12 heteroatoms. The smallest absolute Gasteiger partial charge is 0.390 e. The van der Waals surface area contributed by atoms with Crippen molar-refractivity contribution in [2.45, 2.75) is 45.8 Å². The zero-order valence-corrected chi connectivity index (χ0v) is 18.8. The molecule has 158 valence electrons. The van der Waals surface area contributed by atoms with Crippen LogP contribution in [0.4, 0.5) is 0 Å². The standard InChI is InChI=1S/C15H30Cl2N5O4P/c1-10(2)13(6-16)19-27(25,20-14(7-17)11(3)4)26-9-12-8-18-15(21(12)5)22(23)24/h10-14H,6-9H2,1-5H3,(H2,19,20,25)/t12?,13-,14-/m0/s1. The fourth-order valence-corrected chi connectivity index (χ4v) is 5.74. The molecule has 0 amide bonds. The molecular weight excluding hydrogens is 416 g/mol. The second kappa shape index (κ2) is 10.9. The maximum absolute atomic E-state index is 13.5. The highest BCUT2D eigenvalue weighted by atomic mass is 35.5. The number of nitrogens with zero attached hydrogens (tertiary/aromatic N) is 3. The summed E-state index contributed by atoms with van der Waals surface area (Å²) in [6, 6.07) is -0.843. The lowest BCUT2D eigenvalue weighted by Crippen LogP contribution is -2.44. The highest BCUT2D eigenvalue weighted by molar-refractivity contribution is 7.54. The van der Waals surface area contributed by atoms with E-state index in [1.807, 2.05) is 27.7 Å². The van der Waals surface area contributed by atoms with E-state index in [0.29, 0.717) is 0 Å². The van der Waals surface area contributed by atoms with Crippen LogP contribution >= 0.6 is 30.9 Å². The van der Waals surface area contributed by atoms with Crippen molar-refractivity contribution in [3.63, 3.8) is 0 Å². The summed E-state index contributed by atoms with van der Waals surface area (Å²) < 4.78 is 19.2. The highest BCUT2D eigenvalue weighted by Crippen LogP contribution is 2.41. The average molecular weight is 446 g/mol. The van der Waals surface area contributed by atoms with Gasteiger partial charge in [0.15, 0.2) is 0 Å². The summed E-state index contributed by atoms with van der Waals surface area (Å²) in [4.78, 5) is 15.7. The van der Waals surface area contributed by atoms with Gasteiger partial charge < -0.3 is 14.6 Å². The molecule has 1 heterocycles. The Hall–Kier alpha value is -0.440. The molecule has 2 N–H and O–H groups in total. The Morgan fingerprint density at radius 1 is 1.26 bits per heavy atom. The van der Waals surface area contributed by atoms with Gasteiger partial charge in [-0.15, -0.1) is 28.2 Å². The molecule has 0 aromatic rings. The lowest BCUT2D eigenvalue weighted by atomic mass is 10.1. The van der Waals surface area contributed by atoms with Gasteiger partial charge in [-0.2, -0.15) is 0 Å². The quantitative estimate of drug-likeness (QED) is 0.217. The third-order valence-corrected chi connectivity index (χ3v) is 7.05. The fourth-order valence-electron chi connectivity index (χ4n) is 2.40. The molecule has 0 aromatic heterocycles. The first-order valence-electron chi connectivity index (χ1n) is 8.88. The lowest BCUT2D eigenvalue weighted by molar-refractivity contribution is -0.362. The Labute approximate surface area is 170 Å². The van der Waals surface area contributed by atoms with Crippen molar-refractivity contribution in [1.82, 2.24) is 15.1 Å². The molecule has 0 radical (unpaired) electrons. The van der Waals surface area contributed by atoms with Gasteiger partial charge in [0, 0.05) is 23.8 Å². The molecule has 1 rings (SSSR count). The molecule has 27 heavy (non-hydrogen) atoms. The molecule has 1 aliphatic rings. The predicted octanol–water partition coefficient (Wildman–Crippen LogP) is 2.76. The molecule has 9 nitrogen and oxygen atoms in total. The highest BCUT2D eigenvalue weighted by Gasteiger charge is 2.38. The van der Waals surface area contributed by atoms with Gasteiger partial charge in [-0.3, -0.25) is 9.46 Å². The van der Waals surface area contributed by atoms with E-state index in [-0.39, 0.29) is 60.8 Å². The predicted molar refractivity (Wildman–Crippen MR) is 109 cm³/mol. The minimum Gasteiger partial charge on any atom is -0.390 e. The van der Waals surface area contributed by atoms with Crippen molar-refractivity contribution in [1.29, 1.82) is 0 Å². The molecule has 0 spiro atoms. The van der Waals surface area contributed by atoms with Crippen molar-refractivity contribution in [2.75, 3.05) is 32.0 Å². The van der Waals surface area contributed by atoms with Crippen LogP contribution in [0.2, 0.25) is 0 Å². The lowest BCUT2D eigenvalue weighted by Gasteiger charge is -2.32. The second-order valence-electron chi connectivity index (χ2n) is 7.28. The molecule has 0 aliphatic carbocycles. The van der Waals surface area contributed by atoms with Gasteiger partial charge in [-0.05, 0) is 16.8 Å². The SMILES string of the molecule is CC(C)[C@H](CCl)NP(=O)(N[C@@H](CCl)C(C)C)OCC1CN=C([N+](=O)[O-])N1C. The van der Waals surface area contributed by atoms with Crippen molar-refractivity contribution < 1.29 is 14.0 Å². The monoisotopic (exact) mass is 445 g/mol. The zero-order valence-electron chi connectivity index (χ0n) is 16.4. The number of rotatable bonds is 11. The molecule has 0 saturated heterocycles. The number of halogens is 2.